The van der Waals surface area contributed by atoms with E-state index in [1.807, 2.05) is 27.7 Å². The Balaban J connectivity index is 1.15. The summed E-state index contributed by atoms with van der Waals surface area (Å²) >= 11 is 0. The van der Waals surface area contributed by atoms with E-state index in [1.54, 1.807) is 0 Å². The normalized spacial score (nSPS) is 15.3. The van der Waals surface area contributed by atoms with Crippen LogP contribution in [-0.4, -0.2) is 19.3 Å². The van der Waals surface area contributed by atoms with Gasteiger partial charge in [-0.25, -0.2) is 0 Å². The molecule has 4 nitrogen and oxygen atoms in total. The number of rotatable bonds is 4. The van der Waals surface area contributed by atoms with Crippen LogP contribution in [0.4, 0.5) is 0 Å². The number of benzene rings is 7. The maximum Gasteiger partial charge on any atom is 0.0846 e. The van der Waals surface area contributed by atoms with Gasteiger partial charge in [0.15, 0.2) is 0 Å². The third kappa shape index (κ3) is 4.59. The molecule has 286 valence electrons. The molecule has 0 fully saturated rings. The predicted octanol–water partition coefficient (Wildman–Crippen LogP) is 12.9. The zero-order valence-corrected chi connectivity index (χ0v) is 34.5. The fourth-order valence-corrected chi connectivity index (χ4v) is 10.8. The third-order valence-corrected chi connectivity index (χ3v) is 13.7. The maximum absolute atomic E-state index is 12.0. The van der Waals surface area contributed by atoms with E-state index in [4.69, 9.17) is 0 Å². The van der Waals surface area contributed by atoms with Crippen molar-refractivity contribution in [1.29, 1.82) is 0 Å². The molecule has 0 amide bonds. The largest absolute Gasteiger partial charge is 0.386 e. The minimum absolute atomic E-state index is 0.147. The van der Waals surface area contributed by atoms with Crippen LogP contribution in [0.1, 0.15) is 88.8 Å². The molecule has 4 heterocycles. The summed E-state index contributed by atoms with van der Waals surface area (Å²) in [4.78, 5) is 0. The van der Waals surface area contributed by atoms with Crippen molar-refractivity contribution in [2.75, 3.05) is 0 Å². The van der Waals surface area contributed by atoms with Gasteiger partial charge >= 0.3 is 0 Å². The standard InChI is InChI=1S/C54H48N2O2/c1-51(2)39-17-9-11-21-47(39)55-45-25-23-31(27-37(45)33-15-13-19-41(51)49(33)55)35-29-44(54(7,8)58)36(30-43(35)53(5,6)57)32-24-26-46-38(28-32)34-16-14-20-42-50(34)56(46)48-22-12-10-18-40(48)52(42,3)4/h9-30,57-58H,1-8H3. The molecule has 9 aromatic rings. The highest BCUT2D eigenvalue weighted by atomic mass is 16.3. The van der Waals surface area contributed by atoms with Gasteiger partial charge in [-0.15, -0.1) is 0 Å². The first-order valence-electron chi connectivity index (χ1n) is 20.6. The number of aliphatic hydroxyl groups is 2. The molecule has 0 aliphatic carbocycles. The van der Waals surface area contributed by atoms with Gasteiger partial charge in [0.1, 0.15) is 0 Å². The van der Waals surface area contributed by atoms with Crippen LogP contribution < -0.4 is 0 Å². The molecular weight excluding hydrogens is 709 g/mol. The van der Waals surface area contributed by atoms with Crippen LogP contribution in [0.15, 0.2) is 133 Å². The van der Waals surface area contributed by atoms with Crippen molar-refractivity contribution < 1.29 is 10.2 Å². The molecule has 0 saturated heterocycles. The van der Waals surface area contributed by atoms with Crippen LogP contribution in [-0.2, 0) is 22.0 Å². The van der Waals surface area contributed by atoms with Crippen LogP contribution in [0.3, 0.4) is 0 Å². The molecule has 7 aromatic carbocycles. The summed E-state index contributed by atoms with van der Waals surface area (Å²) in [5, 5.41) is 28.7. The summed E-state index contributed by atoms with van der Waals surface area (Å²) < 4.78 is 4.87. The van der Waals surface area contributed by atoms with Gasteiger partial charge in [-0.2, -0.15) is 0 Å². The molecule has 0 atom stereocenters. The molecule has 2 aromatic heterocycles. The zero-order chi connectivity index (χ0) is 40.3. The molecule has 0 spiro atoms. The molecule has 58 heavy (non-hydrogen) atoms. The first-order valence-corrected chi connectivity index (χ1v) is 20.6. The molecule has 4 heteroatoms. The van der Waals surface area contributed by atoms with Gasteiger partial charge < -0.3 is 19.3 Å². The molecule has 11 rings (SSSR count). The highest BCUT2D eigenvalue weighted by Gasteiger charge is 2.37. The highest BCUT2D eigenvalue weighted by Crippen LogP contribution is 2.51. The Labute approximate surface area is 339 Å². The number of hydrogen-bond donors (Lipinski definition) is 2. The van der Waals surface area contributed by atoms with Crippen LogP contribution in [0.5, 0.6) is 0 Å². The Morgan fingerprint density at radius 3 is 1.19 bits per heavy atom. The van der Waals surface area contributed by atoms with Crippen molar-refractivity contribution in [2.45, 2.75) is 77.4 Å². The summed E-state index contributed by atoms with van der Waals surface area (Å²) in [7, 11) is 0. The lowest BCUT2D eigenvalue weighted by Crippen LogP contribution is -2.26. The van der Waals surface area contributed by atoms with Crippen molar-refractivity contribution in [3.63, 3.8) is 0 Å². The molecule has 2 N–H and O–H groups in total. The van der Waals surface area contributed by atoms with Crippen LogP contribution in [0.2, 0.25) is 0 Å². The monoisotopic (exact) mass is 756 g/mol. The Morgan fingerprint density at radius 2 is 0.793 bits per heavy atom. The first kappa shape index (κ1) is 35.2. The van der Waals surface area contributed by atoms with Crippen molar-refractivity contribution in [1.82, 2.24) is 9.13 Å². The SMILES string of the molecule is CC(C)(O)c1cc(-c2ccc3c(c2)c2cccc4c2n3-c2ccccc2C4(C)C)c(C(C)(C)O)cc1-c1ccc2c(c1)c1cccc3c1n2-c1ccccc1C3(C)C. The number of fused-ring (bicyclic) bond motifs is 10. The van der Waals surface area contributed by atoms with Crippen molar-refractivity contribution in [3.8, 4) is 33.6 Å². The predicted molar refractivity (Wildman–Crippen MR) is 241 cm³/mol. The molecule has 0 unspecified atom stereocenters. The molecule has 0 bridgehead atoms. The van der Waals surface area contributed by atoms with Crippen LogP contribution >= 0.6 is 0 Å². The summed E-state index contributed by atoms with van der Waals surface area (Å²) in [6.45, 7) is 16.8. The lowest BCUT2D eigenvalue weighted by molar-refractivity contribution is 0.0753. The quantitative estimate of drug-likeness (QED) is 0.188. The van der Waals surface area contributed by atoms with E-state index in [9.17, 15) is 10.2 Å². The summed E-state index contributed by atoms with van der Waals surface area (Å²) in [5.74, 6) is 0. The lowest BCUT2D eigenvalue weighted by atomic mass is 9.75. The first-order chi connectivity index (χ1) is 27.6. The average molecular weight is 757 g/mol. The maximum atomic E-state index is 12.0. The van der Waals surface area contributed by atoms with Gasteiger partial charge in [-0.05, 0) is 132 Å². The second-order valence-corrected chi connectivity index (χ2v) is 18.9. The van der Waals surface area contributed by atoms with Crippen LogP contribution in [0, 0.1) is 0 Å². The fraction of sp³-hybridized carbons (Fsp3) is 0.222. The average Bonchev–Trinajstić information content (AvgIpc) is 3.71. The van der Waals surface area contributed by atoms with Gasteiger partial charge in [0.2, 0.25) is 0 Å². The second-order valence-electron chi connectivity index (χ2n) is 18.9. The van der Waals surface area contributed by atoms with Gasteiger partial charge in [-0.3, -0.25) is 0 Å². The van der Waals surface area contributed by atoms with E-state index < -0.39 is 11.2 Å². The highest BCUT2D eigenvalue weighted by molar-refractivity contribution is 6.14. The molecule has 0 radical (unpaired) electrons. The Bertz CT molecular complexity index is 3030. The molecule has 2 aliphatic heterocycles. The van der Waals surface area contributed by atoms with Crippen molar-refractivity contribution in [3.05, 3.63) is 167 Å². The van der Waals surface area contributed by atoms with Gasteiger partial charge in [0.25, 0.3) is 0 Å². The number of para-hydroxylation sites is 4. The smallest absolute Gasteiger partial charge is 0.0846 e. The minimum Gasteiger partial charge on any atom is -0.386 e. The van der Waals surface area contributed by atoms with Gasteiger partial charge in [-0.1, -0.05) is 113 Å². The summed E-state index contributed by atoms with van der Waals surface area (Å²) in [6, 6.07) is 48.6. The van der Waals surface area contributed by atoms with E-state index in [1.165, 1.54) is 66.2 Å². The van der Waals surface area contributed by atoms with Gasteiger partial charge in [0.05, 0.1) is 44.6 Å². The summed E-state index contributed by atoms with van der Waals surface area (Å²) in [5.41, 5.74) is 15.3. The van der Waals surface area contributed by atoms with E-state index in [0.717, 1.165) is 44.4 Å². The van der Waals surface area contributed by atoms with Crippen molar-refractivity contribution in [2.24, 2.45) is 0 Å². The Kier molecular flexibility index (Phi) is 6.91. The zero-order valence-electron chi connectivity index (χ0n) is 34.5. The van der Waals surface area contributed by atoms with Gasteiger partial charge in [0, 0.05) is 32.4 Å². The topological polar surface area (TPSA) is 50.3 Å². The molecule has 0 saturated carbocycles. The van der Waals surface area contributed by atoms with E-state index in [2.05, 4.69) is 170 Å². The second kappa shape index (κ2) is 11.4. The third-order valence-electron chi connectivity index (χ3n) is 13.7. The Hall–Kier alpha value is -5.94. The van der Waals surface area contributed by atoms with E-state index in [0.29, 0.717) is 0 Å². The minimum atomic E-state index is -1.17. The molecular formula is C54H48N2O2. The number of hydrogen-bond acceptors (Lipinski definition) is 2. The molecule has 2 aliphatic rings. The van der Waals surface area contributed by atoms with E-state index in [-0.39, 0.29) is 10.8 Å². The van der Waals surface area contributed by atoms with E-state index >= 15 is 0 Å². The fourth-order valence-electron chi connectivity index (χ4n) is 10.8. The Morgan fingerprint density at radius 1 is 0.414 bits per heavy atom. The van der Waals surface area contributed by atoms with Crippen LogP contribution in [0.25, 0.3) is 77.2 Å². The summed E-state index contributed by atoms with van der Waals surface area (Å²) in [6.07, 6.45) is 0. The number of aromatic nitrogens is 2. The number of nitrogens with zero attached hydrogens (tertiary/aromatic N) is 2. The lowest BCUT2D eigenvalue weighted by Gasteiger charge is -2.34. The van der Waals surface area contributed by atoms with Crippen molar-refractivity contribution >= 4 is 43.6 Å².